The van der Waals surface area contributed by atoms with Crippen molar-refractivity contribution in [3.05, 3.63) is 11.9 Å². The Labute approximate surface area is 121 Å². The summed E-state index contributed by atoms with van der Waals surface area (Å²) >= 11 is 0. The van der Waals surface area contributed by atoms with Crippen molar-refractivity contribution in [1.82, 2.24) is 9.97 Å². The normalized spacial score (nSPS) is 15.9. The van der Waals surface area contributed by atoms with Crippen molar-refractivity contribution in [1.29, 1.82) is 0 Å². The van der Waals surface area contributed by atoms with E-state index in [-0.39, 0.29) is 0 Å². The van der Waals surface area contributed by atoms with Gasteiger partial charge < -0.3 is 15.4 Å². The maximum absolute atomic E-state index is 5.14. The molecule has 1 aliphatic carbocycles. The topological polar surface area (TPSA) is 59.1 Å². The molecule has 0 bridgehead atoms. The van der Waals surface area contributed by atoms with Gasteiger partial charge in [0.2, 0.25) is 0 Å². The lowest BCUT2D eigenvalue weighted by Gasteiger charge is -2.15. The van der Waals surface area contributed by atoms with Gasteiger partial charge in [0.05, 0.1) is 0 Å². The van der Waals surface area contributed by atoms with E-state index in [0.717, 1.165) is 37.0 Å². The first-order chi connectivity index (χ1) is 9.71. The molecule has 1 aliphatic rings. The summed E-state index contributed by atoms with van der Waals surface area (Å²) in [6, 6.07) is 1.99. The smallest absolute Gasteiger partial charge is 0.158 e. The average Bonchev–Trinajstić information content (AvgIpc) is 3.24. The van der Waals surface area contributed by atoms with E-state index in [2.05, 4.69) is 34.4 Å². The summed E-state index contributed by atoms with van der Waals surface area (Å²) < 4.78 is 5.14. The van der Waals surface area contributed by atoms with Crippen molar-refractivity contribution < 1.29 is 4.74 Å². The van der Waals surface area contributed by atoms with Crippen LogP contribution in [-0.2, 0) is 11.3 Å². The standard InChI is InChI=1S/C15H26N4O/c1-4-8-16-12-9-13(19-14(18-12)10-20-3)17-11-15(5-2)6-7-15/h9H,4-8,10-11H2,1-3H3,(H2,16,17,18,19). The van der Waals surface area contributed by atoms with Crippen molar-refractivity contribution in [2.75, 3.05) is 30.8 Å². The zero-order chi connectivity index (χ0) is 14.4. The van der Waals surface area contributed by atoms with Crippen LogP contribution in [0.15, 0.2) is 6.07 Å². The highest BCUT2D eigenvalue weighted by Gasteiger charge is 2.40. The number of methoxy groups -OCH3 is 1. The Morgan fingerprint density at radius 2 is 1.90 bits per heavy atom. The van der Waals surface area contributed by atoms with Gasteiger partial charge in [0.1, 0.15) is 18.2 Å². The van der Waals surface area contributed by atoms with E-state index >= 15 is 0 Å². The molecule has 5 heteroatoms. The van der Waals surface area contributed by atoms with Crippen molar-refractivity contribution in [3.8, 4) is 0 Å². The van der Waals surface area contributed by atoms with Crippen LogP contribution in [0.3, 0.4) is 0 Å². The lowest BCUT2D eigenvalue weighted by molar-refractivity contribution is 0.178. The fourth-order valence-electron chi connectivity index (χ4n) is 2.24. The first-order valence-corrected chi connectivity index (χ1v) is 7.56. The number of hydrogen-bond acceptors (Lipinski definition) is 5. The fraction of sp³-hybridized carbons (Fsp3) is 0.733. The lowest BCUT2D eigenvalue weighted by Crippen LogP contribution is -2.16. The molecule has 1 aromatic rings. The highest BCUT2D eigenvalue weighted by atomic mass is 16.5. The molecule has 0 spiro atoms. The number of nitrogens with zero attached hydrogens (tertiary/aromatic N) is 2. The molecule has 1 fully saturated rings. The van der Waals surface area contributed by atoms with Gasteiger partial charge in [-0.1, -0.05) is 13.8 Å². The molecule has 0 atom stereocenters. The van der Waals surface area contributed by atoms with E-state index in [4.69, 9.17) is 4.74 Å². The number of rotatable bonds is 9. The lowest BCUT2D eigenvalue weighted by atomic mass is 10.0. The number of aromatic nitrogens is 2. The van der Waals surface area contributed by atoms with Crippen molar-refractivity contribution in [3.63, 3.8) is 0 Å². The molecule has 2 rings (SSSR count). The molecule has 5 nitrogen and oxygen atoms in total. The largest absolute Gasteiger partial charge is 0.377 e. The van der Waals surface area contributed by atoms with Crippen LogP contribution < -0.4 is 10.6 Å². The Balaban J connectivity index is 2.03. The van der Waals surface area contributed by atoms with Crippen molar-refractivity contribution in [2.45, 2.75) is 46.1 Å². The minimum absolute atomic E-state index is 0.440. The Morgan fingerprint density at radius 1 is 1.20 bits per heavy atom. The third-order valence-electron chi connectivity index (χ3n) is 3.95. The summed E-state index contributed by atoms with van der Waals surface area (Å²) in [5.41, 5.74) is 0.503. The fourth-order valence-corrected chi connectivity index (χ4v) is 2.24. The van der Waals surface area contributed by atoms with Crippen LogP contribution >= 0.6 is 0 Å². The SMILES string of the molecule is CCCNc1cc(NCC2(CC)CC2)nc(COC)n1. The Bertz CT molecular complexity index is 432. The van der Waals surface area contributed by atoms with Crippen LogP contribution in [0.5, 0.6) is 0 Å². The van der Waals surface area contributed by atoms with E-state index < -0.39 is 0 Å². The van der Waals surface area contributed by atoms with Crippen LogP contribution in [-0.4, -0.2) is 30.2 Å². The van der Waals surface area contributed by atoms with Crippen LogP contribution in [0.1, 0.15) is 45.4 Å². The molecule has 0 aromatic carbocycles. The predicted molar refractivity (Wildman–Crippen MR) is 82.0 cm³/mol. The molecule has 112 valence electrons. The van der Waals surface area contributed by atoms with E-state index in [1.165, 1.54) is 19.3 Å². The van der Waals surface area contributed by atoms with Crippen LogP contribution in [0, 0.1) is 5.41 Å². The van der Waals surface area contributed by atoms with Crippen LogP contribution in [0.2, 0.25) is 0 Å². The summed E-state index contributed by atoms with van der Waals surface area (Å²) in [6.45, 7) is 6.76. The van der Waals surface area contributed by atoms with Gasteiger partial charge >= 0.3 is 0 Å². The number of anilines is 2. The van der Waals surface area contributed by atoms with Crippen LogP contribution in [0.4, 0.5) is 11.6 Å². The minimum atomic E-state index is 0.440. The Kier molecular flexibility index (Phi) is 5.17. The average molecular weight is 278 g/mol. The molecular weight excluding hydrogens is 252 g/mol. The summed E-state index contributed by atoms with van der Waals surface area (Å²) in [4.78, 5) is 8.96. The number of ether oxygens (including phenoxy) is 1. The predicted octanol–water partition coefficient (Wildman–Crippen LogP) is 3.05. The molecule has 1 saturated carbocycles. The van der Waals surface area contributed by atoms with Gasteiger partial charge in [-0.3, -0.25) is 0 Å². The number of hydrogen-bond donors (Lipinski definition) is 2. The van der Waals surface area contributed by atoms with E-state index in [1.54, 1.807) is 7.11 Å². The van der Waals surface area contributed by atoms with Gasteiger partial charge in [-0.25, -0.2) is 9.97 Å². The van der Waals surface area contributed by atoms with E-state index in [0.29, 0.717) is 12.0 Å². The zero-order valence-corrected chi connectivity index (χ0v) is 12.8. The molecule has 0 amide bonds. The zero-order valence-electron chi connectivity index (χ0n) is 12.8. The molecule has 0 radical (unpaired) electrons. The third kappa shape index (κ3) is 4.07. The Hall–Kier alpha value is -1.36. The maximum atomic E-state index is 5.14. The van der Waals surface area contributed by atoms with Crippen LogP contribution in [0.25, 0.3) is 0 Å². The molecule has 1 aromatic heterocycles. The first kappa shape index (κ1) is 15.0. The molecule has 20 heavy (non-hydrogen) atoms. The van der Waals surface area contributed by atoms with Crippen molar-refractivity contribution >= 4 is 11.6 Å². The summed E-state index contributed by atoms with van der Waals surface area (Å²) in [6.07, 6.45) is 4.96. The molecular formula is C15H26N4O. The molecule has 2 N–H and O–H groups in total. The summed E-state index contributed by atoms with van der Waals surface area (Å²) in [5.74, 6) is 2.49. The summed E-state index contributed by atoms with van der Waals surface area (Å²) in [7, 11) is 1.67. The number of nitrogens with one attached hydrogen (secondary N) is 2. The van der Waals surface area contributed by atoms with E-state index in [9.17, 15) is 0 Å². The highest BCUT2D eigenvalue weighted by molar-refractivity contribution is 5.47. The van der Waals surface area contributed by atoms with Gasteiger partial charge in [-0.15, -0.1) is 0 Å². The minimum Gasteiger partial charge on any atom is -0.377 e. The molecule has 0 aliphatic heterocycles. The highest BCUT2D eigenvalue weighted by Crippen LogP contribution is 2.48. The second-order valence-electron chi connectivity index (χ2n) is 5.62. The van der Waals surface area contributed by atoms with E-state index in [1.807, 2.05) is 6.07 Å². The molecule has 1 heterocycles. The second-order valence-corrected chi connectivity index (χ2v) is 5.62. The maximum Gasteiger partial charge on any atom is 0.158 e. The van der Waals surface area contributed by atoms with Gasteiger partial charge in [0, 0.05) is 26.3 Å². The quantitative estimate of drug-likeness (QED) is 0.727. The third-order valence-corrected chi connectivity index (χ3v) is 3.95. The monoisotopic (exact) mass is 278 g/mol. The second kappa shape index (κ2) is 6.88. The van der Waals surface area contributed by atoms with Gasteiger partial charge in [0.15, 0.2) is 5.82 Å². The molecule has 0 unspecified atom stereocenters. The summed E-state index contributed by atoms with van der Waals surface area (Å²) in [5, 5.41) is 6.78. The van der Waals surface area contributed by atoms with Gasteiger partial charge in [-0.2, -0.15) is 0 Å². The van der Waals surface area contributed by atoms with Crippen molar-refractivity contribution in [2.24, 2.45) is 5.41 Å². The van der Waals surface area contributed by atoms with Gasteiger partial charge in [-0.05, 0) is 31.1 Å². The van der Waals surface area contributed by atoms with Gasteiger partial charge in [0.25, 0.3) is 0 Å². The Morgan fingerprint density at radius 3 is 2.45 bits per heavy atom. The molecule has 0 saturated heterocycles. The first-order valence-electron chi connectivity index (χ1n) is 7.56.